The lowest BCUT2D eigenvalue weighted by Crippen LogP contribution is -2.61. The summed E-state index contributed by atoms with van der Waals surface area (Å²) in [5.41, 5.74) is 8.80. The molecule has 37 heteroatoms. The first-order valence-electron chi connectivity index (χ1n) is 23.8. The Labute approximate surface area is 446 Å². The van der Waals surface area contributed by atoms with Crippen LogP contribution in [0.1, 0.15) is 38.5 Å². The van der Waals surface area contributed by atoms with Gasteiger partial charge < -0.3 is 171 Å². The van der Waals surface area contributed by atoms with Crippen molar-refractivity contribution in [3.05, 3.63) is 56.5 Å². The first-order chi connectivity index (χ1) is 37.2. The lowest BCUT2D eigenvalue weighted by molar-refractivity contribution is -0.329. The minimum Gasteiger partial charge on any atom is -0.506 e. The van der Waals surface area contributed by atoms with Crippen LogP contribution in [0.2, 0.25) is 0 Å². The molecular weight excluding hydrogens is 1090 g/mol. The Morgan fingerprint density at radius 3 is 1.10 bits per heavy atom. The summed E-state index contributed by atoms with van der Waals surface area (Å²) < 4.78 is 41.5. The normalized spacial score (nSPS) is 41.5. The van der Waals surface area contributed by atoms with E-state index in [1.165, 1.54) is 0 Å². The number of azide groups is 1. The highest BCUT2D eigenvalue weighted by atomic mass is 16.7. The highest BCUT2D eigenvalue weighted by Gasteiger charge is 2.49. The molecule has 0 aromatic carbocycles. The van der Waals surface area contributed by atoms with Crippen LogP contribution in [0.5, 0.6) is 0 Å². The number of nitrogens with zero attached hydrogens (tertiary/aromatic N) is 3. The van der Waals surface area contributed by atoms with Gasteiger partial charge in [0.15, 0.2) is 64.9 Å². The Hall–Kier alpha value is -4.37. The molecule has 0 radical (unpaired) electrons. The standard InChI is InChI=1S/C42H73N3O34/c43-45-44-7-1-14-21(52)28(59)37(67)73-16(3-9-47)23(54)30(61)38(68)74-17(4-10-48)24(55)31(62)39(69)76-18(5-11-49)25(56)33(64)41(71)79-35-20(13-51)78-42(34(65)27(35)58)77-19(6-12-50)26(57)32(63)40(70)75-15(2-8-46)22(53)29(60)36(66)72-14/h14-20,23-24,27,30-31,34-42,46-71H,1-13H2/b28-21+,29-22+,32-26-,33-25+. The third-order valence-corrected chi connectivity index (χ3v) is 11.7. The number of rotatable bonds is 14. The molecule has 0 aromatic rings. The molecule has 79 heavy (non-hydrogen) atoms. The van der Waals surface area contributed by atoms with Crippen molar-refractivity contribution in [3.8, 4) is 0 Å². The fourth-order valence-corrected chi connectivity index (χ4v) is 7.37. The first-order valence-corrected chi connectivity index (χ1v) is 23.8. The van der Waals surface area contributed by atoms with Crippen molar-refractivity contribution in [2.45, 2.75) is 168 Å². The Morgan fingerprint density at radius 2 is 0.696 bits per heavy atom. The van der Waals surface area contributed by atoms with Crippen molar-refractivity contribution in [1.29, 1.82) is 0 Å². The van der Waals surface area contributed by atoms with Gasteiger partial charge in [0.25, 0.3) is 0 Å². The number of ether oxygens (including phenoxy) is 8. The van der Waals surface area contributed by atoms with Crippen molar-refractivity contribution in [1.82, 2.24) is 0 Å². The average molecular weight is 1160 g/mol. The highest BCUT2D eigenvalue weighted by molar-refractivity contribution is 5.13. The van der Waals surface area contributed by atoms with Crippen molar-refractivity contribution in [3.63, 3.8) is 0 Å². The lowest BCUT2D eigenvalue weighted by Gasteiger charge is -2.43. The molecule has 2 bridgehead atoms. The van der Waals surface area contributed by atoms with E-state index >= 15 is 0 Å². The summed E-state index contributed by atoms with van der Waals surface area (Å²) in [4.78, 5) is 2.46. The summed E-state index contributed by atoms with van der Waals surface area (Å²) in [7, 11) is 0. The summed E-state index contributed by atoms with van der Waals surface area (Å²) in [5, 5.41) is 279. The molecule has 26 N–H and O–H groups in total. The topological polar surface area (TPSA) is 649 Å². The molecule has 0 aliphatic carbocycles. The summed E-state index contributed by atoms with van der Waals surface area (Å²) in [6.07, 6.45) is -55.8. The molecule has 0 amide bonds. The molecule has 3 rings (SSSR count). The molecule has 0 saturated carbocycles. The maximum atomic E-state index is 11.0. The maximum absolute atomic E-state index is 11.0. The van der Waals surface area contributed by atoms with Crippen LogP contribution in [-0.4, -0.2) is 308 Å². The van der Waals surface area contributed by atoms with Crippen molar-refractivity contribution in [2.24, 2.45) is 5.11 Å². The minimum absolute atomic E-state index is 0.675. The predicted molar refractivity (Wildman–Crippen MR) is 248 cm³/mol. The second kappa shape index (κ2) is 34.8. The number of hydrogen-bond acceptors (Lipinski definition) is 35. The zero-order valence-corrected chi connectivity index (χ0v) is 41.6. The van der Waals surface area contributed by atoms with Gasteiger partial charge in [-0.1, -0.05) is 5.11 Å². The van der Waals surface area contributed by atoms with E-state index in [1.54, 1.807) is 0 Å². The Bertz CT molecular complexity index is 1980. The van der Waals surface area contributed by atoms with Gasteiger partial charge in [-0.15, -0.1) is 0 Å². The Balaban J connectivity index is 2.83. The van der Waals surface area contributed by atoms with Crippen LogP contribution in [0.3, 0.4) is 0 Å². The molecule has 21 atom stereocenters. The van der Waals surface area contributed by atoms with Crippen LogP contribution < -0.4 is 0 Å². The quantitative estimate of drug-likeness (QED) is 0.0436. The minimum atomic E-state index is -2.87. The molecule has 0 aromatic heterocycles. The van der Waals surface area contributed by atoms with Gasteiger partial charge in [0.2, 0.25) is 25.2 Å². The third kappa shape index (κ3) is 19.9. The number of aliphatic hydroxyl groups is 26. The van der Waals surface area contributed by atoms with E-state index in [-0.39, 0.29) is 0 Å². The van der Waals surface area contributed by atoms with Crippen molar-refractivity contribution in [2.75, 3.05) is 46.2 Å². The molecule has 3 aliphatic heterocycles. The SMILES string of the molecule is [N-]=[N+]=NCCC1OC(O)/C(O)=C(\O)C(CCO)OC(O)/C(O)=C(/O)C(CCO)OC2OC(CO)C(OC(O)/C(O)=C(\O)C(CCO)OC(O)C(O)C(O)C(CCO)OC(O)C(O)C(O)C(CCO)OC(O)/C(O)=C/1O)C(O)C2O. The van der Waals surface area contributed by atoms with Gasteiger partial charge in [-0.05, 0) is 24.8 Å². The van der Waals surface area contributed by atoms with E-state index < -0.39 is 260 Å². The summed E-state index contributed by atoms with van der Waals surface area (Å²) in [6, 6.07) is 0. The van der Waals surface area contributed by atoms with Gasteiger partial charge in [0.1, 0.15) is 73.2 Å². The monoisotopic (exact) mass is 1160 g/mol. The van der Waals surface area contributed by atoms with Gasteiger partial charge >= 0.3 is 0 Å². The number of fused-ring (bicyclic) bond motifs is 28. The van der Waals surface area contributed by atoms with Crippen molar-refractivity contribution >= 4 is 0 Å². The second-order valence-corrected chi connectivity index (χ2v) is 17.2. The van der Waals surface area contributed by atoms with E-state index in [2.05, 4.69) is 10.0 Å². The predicted octanol–water partition coefficient (Wildman–Crippen LogP) is -7.59. The lowest BCUT2D eigenvalue weighted by atomic mass is 9.98. The highest BCUT2D eigenvalue weighted by Crippen LogP contribution is 2.31. The smallest absolute Gasteiger partial charge is 0.218 e. The average Bonchev–Trinajstić information content (AvgIpc) is 3.44. The fourth-order valence-electron chi connectivity index (χ4n) is 7.37. The largest absolute Gasteiger partial charge is 0.506 e. The van der Waals surface area contributed by atoms with E-state index in [1.807, 2.05) is 0 Å². The zero-order chi connectivity index (χ0) is 60.0. The molecule has 37 nitrogen and oxygen atoms in total. The number of hydrogen-bond donors (Lipinski definition) is 26. The van der Waals surface area contributed by atoms with Crippen molar-refractivity contribution < 1.29 is 171 Å². The number of aliphatic hydroxyl groups excluding tert-OH is 26. The summed E-state index contributed by atoms with van der Waals surface area (Å²) in [5.74, 6) is -12.6. The third-order valence-electron chi connectivity index (χ3n) is 11.7. The van der Waals surface area contributed by atoms with Crippen LogP contribution in [0, 0.1) is 0 Å². The molecule has 1 fully saturated rings. The van der Waals surface area contributed by atoms with Crippen LogP contribution in [0.4, 0.5) is 0 Å². The van der Waals surface area contributed by atoms with E-state index in [0.29, 0.717) is 0 Å². The van der Waals surface area contributed by atoms with E-state index in [9.17, 15) is 133 Å². The van der Waals surface area contributed by atoms with Crippen LogP contribution in [0.15, 0.2) is 51.2 Å². The van der Waals surface area contributed by atoms with Gasteiger partial charge in [-0.2, -0.15) is 0 Å². The van der Waals surface area contributed by atoms with Crippen LogP contribution >= 0.6 is 0 Å². The van der Waals surface area contributed by atoms with Crippen LogP contribution in [-0.2, 0) is 37.9 Å². The molecule has 3 aliphatic rings. The molecule has 1 saturated heterocycles. The molecular formula is C42H73N3O34. The molecule has 21 unspecified atom stereocenters. The molecule has 3 heterocycles. The van der Waals surface area contributed by atoms with Gasteiger partial charge in [-0.3, -0.25) is 0 Å². The van der Waals surface area contributed by atoms with Crippen LogP contribution in [0.25, 0.3) is 10.4 Å². The van der Waals surface area contributed by atoms with Gasteiger partial charge in [0, 0.05) is 63.8 Å². The van der Waals surface area contributed by atoms with Gasteiger partial charge in [0.05, 0.1) is 18.8 Å². The Morgan fingerprint density at radius 1 is 0.342 bits per heavy atom. The maximum Gasteiger partial charge on any atom is 0.218 e. The Kier molecular flexibility index (Phi) is 31.2. The van der Waals surface area contributed by atoms with E-state index in [4.69, 9.17) is 43.4 Å². The second-order valence-electron chi connectivity index (χ2n) is 17.2. The fraction of sp³-hybridized carbons (Fsp3) is 0.810. The molecule has 0 spiro atoms. The molecule has 460 valence electrons. The first kappa shape index (κ1) is 70.7. The van der Waals surface area contributed by atoms with E-state index in [0.717, 1.165) is 0 Å². The zero-order valence-electron chi connectivity index (χ0n) is 41.6. The summed E-state index contributed by atoms with van der Waals surface area (Å²) in [6.45, 7) is -6.66. The van der Waals surface area contributed by atoms with Gasteiger partial charge in [-0.25, -0.2) is 0 Å². The summed E-state index contributed by atoms with van der Waals surface area (Å²) >= 11 is 0.